The van der Waals surface area contributed by atoms with Gasteiger partial charge in [-0.2, -0.15) is 10.2 Å². The largest absolute Gasteiger partial charge is 0.480 e. The summed E-state index contributed by atoms with van der Waals surface area (Å²) >= 11 is 0. The summed E-state index contributed by atoms with van der Waals surface area (Å²) in [5, 5.41) is 21.8. The minimum atomic E-state index is -0.997. The Morgan fingerprint density at radius 2 is 2.00 bits per heavy atom. The Hall–Kier alpha value is -2.84. The van der Waals surface area contributed by atoms with E-state index in [1.165, 1.54) is 17.1 Å². The number of carbonyl (C=O) groups excluding carboxylic acids is 1. The first kappa shape index (κ1) is 14.6. The van der Waals surface area contributed by atoms with Gasteiger partial charge in [-0.05, 0) is 12.5 Å². The minimum absolute atomic E-state index is 0.248. The third-order valence-electron chi connectivity index (χ3n) is 2.58. The van der Waals surface area contributed by atoms with Crippen LogP contribution < -0.4 is 10.6 Å². The van der Waals surface area contributed by atoms with E-state index in [9.17, 15) is 9.59 Å². The molecule has 2 heterocycles. The van der Waals surface area contributed by atoms with Crippen molar-refractivity contribution in [2.75, 3.05) is 11.9 Å². The van der Waals surface area contributed by atoms with Crippen molar-refractivity contribution in [2.24, 2.45) is 0 Å². The summed E-state index contributed by atoms with van der Waals surface area (Å²) in [6.07, 6.45) is 6.47. The first-order chi connectivity index (χ1) is 10.0. The number of nitrogens with one attached hydrogen (secondary N) is 2. The monoisotopic (exact) mass is 292 g/mol. The second-order valence-electron chi connectivity index (χ2n) is 4.48. The Labute approximate surface area is 120 Å². The number of urea groups is 1. The molecule has 2 rings (SSSR count). The zero-order chi connectivity index (χ0) is 15.2. The molecule has 0 saturated carbocycles. The molecule has 0 atom stereocenters. The molecule has 9 nitrogen and oxygen atoms in total. The normalized spacial score (nSPS) is 10.3. The van der Waals surface area contributed by atoms with Crippen molar-refractivity contribution >= 4 is 17.7 Å². The van der Waals surface area contributed by atoms with E-state index in [2.05, 4.69) is 20.8 Å². The average Bonchev–Trinajstić information content (AvgIpc) is 2.98. The molecule has 2 amide bonds. The Bertz CT molecular complexity index is 632. The quantitative estimate of drug-likeness (QED) is 0.708. The maximum absolute atomic E-state index is 11.6. The maximum atomic E-state index is 11.6. The molecule has 9 heteroatoms. The van der Waals surface area contributed by atoms with Crippen LogP contribution in [0.2, 0.25) is 0 Å². The highest BCUT2D eigenvalue weighted by Crippen LogP contribution is 2.04. The van der Waals surface area contributed by atoms with Crippen LogP contribution in [-0.2, 0) is 17.9 Å². The summed E-state index contributed by atoms with van der Waals surface area (Å²) < 4.78 is 2.96. The van der Waals surface area contributed by atoms with Crippen molar-refractivity contribution in [1.82, 2.24) is 24.9 Å². The van der Waals surface area contributed by atoms with E-state index in [1.807, 2.05) is 13.1 Å². The highest BCUT2D eigenvalue weighted by Gasteiger charge is 2.05. The number of nitrogens with zero attached hydrogens (tertiary/aromatic N) is 4. The first-order valence-corrected chi connectivity index (χ1v) is 6.31. The molecule has 0 unspecified atom stereocenters. The van der Waals surface area contributed by atoms with E-state index >= 15 is 0 Å². The number of carbonyl (C=O) groups is 2. The van der Waals surface area contributed by atoms with Crippen molar-refractivity contribution in [3.05, 3.63) is 30.4 Å². The molecule has 0 aliphatic rings. The van der Waals surface area contributed by atoms with E-state index in [0.29, 0.717) is 18.8 Å². The van der Waals surface area contributed by atoms with Crippen molar-refractivity contribution in [3.63, 3.8) is 0 Å². The predicted octanol–water partition coefficient (Wildman–Crippen LogP) is 0.294. The van der Waals surface area contributed by atoms with Crippen LogP contribution in [0.3, 0.4) is 0 Å². The number of carboxylic acids is 1. The molecular formula is C12H16N6O3. The van der Waals surface area contributed by atoms with E-state index in [-0.39, 0.29) is 12.6 Å². The van der Waals surface area contributed by atoms with Crippen LogP contribution >= 0.6 is 0 Å². The fourth-order valence-electron chi connectivity index (χ4n) is 1.70. The number of hydrogen-bond acceptors (Lipinski definition) is 4. The van der Waals surface area contributed by atoms with E-state index < -0.39 is 5.97 Å². The van der Waals surface area contributed by atoms with Gasteiger partial charge in [-0.15, -0.1) is 0 Å². The van der Waals surface area contributed by atoms with Crippen molar-refractivity contribution in [2.45, 2.75) is 20.0 Å². The summed E-state index contributed by atoms with van der Waals surface area (Å²) in [6.45, 7) is 2.69. The summed E-state index contributed by atoms with van der Waals surface area (Å²) in [4.78, 5) is 22.1. The van der Waals surface area contributed by atoms with Crippen LogP contribution in [0.4, 0.5) is 10.5 Å². The Balaban J connectivity index is 1.74. The van der Waals surface area contributed by atoms with E-state index in [1.54, 1.807) is 10.9 Å². The number of amides is 2. The fraction of sp³-hybridized carbons (Fsp3) is 0.333. The molecule has 0 saturated heterocycles. The van der Waals surface area contributed by atoms with Crippen LogP contribution in [0.5, 0.6) is 0 Å². The standard InChI is InChI=1S/C12H16N6O3/c1-9-4-14-17(6-9)3-2-13-12(21)16-10-5-15-18(7-10)8-11(19)20/h4-7H,2-3,8H2,1H3,(H,19,20)(H2,13,16,21). The zero-order valence-electron chi connectivity index (χ0n) is 11.5. The first-order valence-electron chi connectivity index (χ1n) is 6.31. The van der Waals surface area contributed by atoms with E-state index in [4.69, 9.17) is 5.11 Å². The number of hydrogen-bond donors (Lipinski definition) is 3. The fourth-order valence-corrected chi connectivity index (χ4v) is 1.70. The third kappa shape index (κ3) is 4.64. The van der Waals surface area contributed by atoms with Crippen molar-refractivity contribution in [1.29, 1.82) is 0 Å². The van der Waals surface area contributed by atoms with E-state index in [0.717, 1.165) is 5.56 Å². The van der Waals surface area contributed by atoms with Crippen molar-refractivity contribution in [3.8, 4) is 0 Å². The van der Waals surface area contributed by atoms with Gasteiger partial charge in [0.25, 0.3) is 0 Å². The molecule has 112 valence electrons. The number of anilines is 1. The molecular weight excluding hydrogens is 276 g/mol. The molecule has 3 N–H and O–H groups in total. The lowest BCUT2D eigenvalue weighted by molar-refractivity contribution is -0.137. The lowest BCUT2D eigenvalue weighted by Gasteiger charge is -2.05. The Kier molecular flexibility index (Phi) is 4.54. The Morgan fingerprint density at radius 3 is 2.67 bits per heavy atom. The van der Waals surface area contributed by atoms with Gasteiger partial charge >= 0.3 is 12.0 Å². The molecule has 2 aromatic rings. The topological polar surface area (TPSA) is 114 Å². The molecule has 0 aromatic carbocycles. The van der Waals surface area contributed by atoms with Gasteiger partial charge in [-0.1, -0.05) is 0 Å². The maximum Gasteiger partial charge on any atom is 0.325 e. The van der Waals surface area contributed by atoms with Crippen LogP contribution in [-0.4, -0.2) is 43.2 Å². The lowest BCUT2D eigenvalue weighted by atomic mass is 10.4. The average molecular weight is 292 g/mol. The predicted molar refractivity (Wildman–Crippen MR) is 73.8 cm³/mol. The van der Waals surface area contributed by atoms with Gasteiger partial charge in [0, 0.05) is 18.9 Å². The highest BCUT2D eigenvalue weighted by molar-refractivity contribution is 5.88. The van der Waals surface area contributed by atoms with Crippen LogP contribution in [0.25, 0.3) is 0 Å². The smallest absolute Gasteiger partial charge is 0.325 e. The number of aryl methyl sites for hydroxylation is 1. The molecule has 0 aliphatic heterocycles. The SMILES string of the molecule is Cc1cnn(CCNC(=O)Nc2cnn(CC(=O)O)c2)c1. The zero-order valence-corrected chi connectivity index (χ0v) is 11.5. The summed E-state index contributed by atoms with van der Waals surface area (Å²) in [5.41, 5.74) is 1.49. The van der Waals surface area contributed by atoms with Gasteiger partial charge in [0.1, 0.15) is 6.54 Å². The van der Waals surface area contributed by atoms with Gasteiger partial charge in [-0.3, -0.25) is 14.2 Å². The van der Waals surface area contributed by atoms with Crippen molar-refractivity contribution < 1.29 is 14.7 Å². The highest BCUT2D eigenvalue weighted by atomic mass is 16.4. The second kappa shape index (κ2) is 6.55. The van der Waals surface area contributed by atoms with Crippen LogP contribution in [0.1, 0.15) is 5.56 Å². The summed E-state index contributed by atoms with van der Waals surface area (Å²) in [6, 6.07) is -0.381. The summed E-state index contributed by atoms with van der Waals surface area (Å²) in [7, 11) is 0. The number of aromatic nitrogens is 4. The van der Waals surface area contributed by atoms with Gasteiger partial charge in [0.05, 0.1) is 24.6 Å². The number of rotatable bonds is 6. The Morgan fingerprint density at radius 1 is 1.24 bits per heavy atom. The van der Waals surface area contributed by atoms with Gasteiger partial charge in [0.2, 0.25) is 0 Å². The van der Waals surface area contributed by atoms with Crippen LogP contribution in [0.15, 0.2) is 24.8 Å². The molecule has 0 radical (unpaired) electrons. The van der Waals surface area contributed by atoms with Gasteiger partial charge in [-0.25, -0.2) is 4.79 Å². The van der Waals surface area contributed by atoms with Crippen LogP contribution in [0, 0.1) is 6.92 Å². The van der Waals surface area contributed by atoms with Gasteiger partial charge < -0.3 is 15.7 Å². The summed E-state index contributed by atoms with van der Waals surface area (Å²) in [5.74, 6) is -0.997. The molecule has 0 fully saturated rings. The molecule has 0 bridgehead atoms. The molecule has 0 spiro atoms. The molecule has 0 aliphatic carbocycles. The second-order valence-corrected chi connectivity index (χ2v) is 4.48. The number of carboxylic acid groups (broad SMARTS) is 1. The minimum Gasteiger partial charge on any atom is -0.480 e. The number of aliphatic carboxylic acids is 1. The van der Waals surface area contributed by atoms with Gasteiger partial charge in [0.15, 0.2) is 0 Å². The molecule has 2 aromatic heterocycles. The third-order valence-corrected chi connectivity index (χ3v) is 2.58. The lowest BCUT2D eigenvalue weighted by Crippen LogP contribution is -2.31. The molecule has 21 heavy (non-hydrogen) atoms.